The quantitative estimate of drug-likeness (QED) is 0.646. The van der Waals surface area contributed by atoms with Crippen LogP contribution >= 0.6 is 11.6 Å². The molecule has 1 heterocycles. The number of ether oxygens (including phenoxy) is 2. The second-order valence-corrected chi connectivity index (χ2v) is 7.21. The Hall–Kier alpha value is -1.86. The Bertz CT molecular complexity index is 724. The second kappa shape index (κ2) is 10.6. The van der Waals surface area contributed by atoms with Crippen LogP contribution < -0.4 is 9.64 Å². The molecule has 1 aliphatic rings. The number of aliphatic hydroxyl groups excluding tert-OH is 1. The Balaban J connectivity index is 1.29. The maximum absolute atomic E-state index is 13.9. The third-order valence-corrected chi connectivity index (χ3v) is 4.91. The largest absolute Gasteiger partial charge is 0.491 e. The smallest absolute Gasteiger partial charge is 0.146 e. The third-order valence-electron chi connectivity index (χ3n) is 4.65. The van der Waals surface area contributed by atoms with Gasteiger partial charge in [0.1, 0.15) is 18.2 Å². The Labute approximate surface area is 170 Å². The lowest BCUT2D eigenvalue weighted by molar-refractivity contribution is 0.00717. The first-order valence-corrected chi connectivity index (χ1v) is 9.85. The van der Waals surface area contributed by atoms with Gasteiger partial charge in [-0.05, 0) is 36.4 Å². The molecule has 1 atom stereocenters. The first-order valence-electron chi connectivity index (χ1n) is 9.48. The summed E-state index contributed by atoms with van der Waals surface area (Å²) in [4.78, 5) is 4.22. The Morgan fingerprint density at radius 2 is 1.71 bits per heavy atom. The summed E-state index contributed by atoms with van der Waals surface area (Å²) < 4.78 is 24.9. The van der Waals surface area contributed by atoms with Crippen LogP contribution in [-0.4, -0.2) is 68.7 Å². The fourth-order valence-corrected chi connectivity index (χ4v) is 3.32. The maximum Gasteiger partial charge on any atom is 0.146 e. The topological polar surface area (TPSA) is 45.2 Å². The van der Waals surface area contributed by atoms with Crippen LogP contribution in [0.4, 0.5) is 10.1 Å². The highest BCUT2D eigenvalue weighted by atomic mass is 35.5. The Kier molecular flexibility index (Phi) is 7.91. The van der Waals surface area contributed by atoms with Crippen molar-refractivity contribution in [3.8, 4) is 5.75 Å². The molecule has 1 saturated heterocycles. The summed E-state index contributed by atoms with van der Waals surface area (Å²) >= 11 is 5.83. The predicted molar refractivity (Wildman–Crippen MR) is 109 cm³/mol. The predicted octanol–water partition coefficient (Wildman–Crippen LogP) is 3.06. The Morgan fingerprint density at radius 3 is 2.43 bits per heavy atom. The van der Waals surface area contributed by atoms with Crippen LogP contribution in [0.3, 0.4) is 0 Å². The summed E-state index contributed by atoms with van der Waals surface area (Å²) in [6.07, 6.45) is -0.560. The van der Waals surface area contributed by atoms with Crippen molar-refractivity contribution in [2.45, 2.75) is 6.10 Å². The molecule has 1 N–H and O–H groups in total. The van der Waals surface area contributed by atoms with E-state index in [1.165, 1.54) is 6.07 Å². The maximum atomic E-state index is 13.9. The molecule has 0 bridgehead atoms. The van der Waals surface area contributed by atoms with Gasteiger partial charge < -0.3 is 19.5 Å². The van der Waals surface area contributed by atoms with Gasteiger partial charge in [-0.3, -0.25) is 4.90 Å². The SMILES string of the molecule is OC(COCCOc1ccc(Cl)cc1)CN1CCN(c2ccccc2F)CC1. The molecule has 152 valence electrons. The summed E-state index contributed by atoms with van der Waals surface area (Å²) in [6.45, 7) is 4.67. The van der Waals surface area contributed by atoms with Gasteiger partial charge in [0, 0.05) is 37.7 Å². The van der Waals surface area contributed by atoms with E-state index in [1.54, 1.807) is 36.4 Å². The van der Waals surface area contributed by atoms with Gasteiger partial charge in [0.15, 0.2) is 0 Å². The zero-order valence-corrected chi connectivity index (χ0v) is 16.5. The molecule has 1 aliphatic heterocycles. The fraction of sp³-hybridized carbons (Fsp3) is 0.429. The van der Waals surface area contributed by atoms with E-state index in [1.807, 2.05) is 11.0 Å². The number of hydrogen-bond acceptors (Lipinski definition) is 5. The van der Waals surface area contributed by atoms with Gasteiger partial charge in [0.25, 0.3) is 0 Å². The number of benzene rings is 2. The summed E-state index contributed by atoms with van der Waals surface area (Å²) in [5, 5.41) is 10.8. The van der Waals surface area contributed by atoms with Crippen LogP contribution in [0.2, 0.25) is 5.02 Å². The van der Waals surface area contributed by atoms with E-state index >= 15 is 0 Å². The van der Waals surface area contributed by atoms with Crippen molar-refractivity contribution in [3.63, 3.8) is 0 Å². The summed E-state index contributed by atoms with van der Waals surface area (Å²) in [6, 6.07) is 14.0. The molecule has 0 spiro atoms. The zero-order valence-electron chi connectivity index (χ0n) is 15.8. The van der Waals surface area contributed by atoms with Crippen molar-refractivity contribution in [3.05, 3.63) is 59.4 Å². The van der Waals surface area contributed by atoms with Crippen molar-refractivity contribution in [2.24, 2.45) is 0 Å². The summed E-state index contributed by atoms with van der Waals surface area (Å²) in [5.74, 6) is 0.548. The molecule has 3 rings (SSSR count). The van der Waals surface area contributed by atoms with Gasteiger partial charge in [0.05, 0.1) is 25.0 Å². The van der Waals surface area contributed by atoms with Gasteiger partial charge >= 0.3 is 0 Å². The van der Waals surface area contributed by atoms with E-state index in [4.69, 9.17) is 21.1 Å². The summed E-state index contributed by atoms with van der Waals surface area (Å²) in [5.41, 5.74) is 0.645. The highest BCUT2D eigenvalue weighted by Crippen LogP contribution is 2.20. The highest BCUT2D eigenvalue weighted by molar-refractivity contribution is 6.30. The molecule has 1 unspecified atom stereocenters. The molecule has 0 saturated carbocycles. The number of piperazine rings is 1. The van der Waals surface area contributed by atoms with Gasteiger partial charge in [0.2, 0.25) is 0 Å². The van der Waals surface area contributed by atoms with Crippen LogP contribution in [0.5, 0.6) is 5.75 Å². The fourth-order valence-electron chi connectivity index (χ4n) is 3.20. The van der Waals surface area contributed by atoms with E-state index in [2.05, 4.69) is 4.90 Å². The van der Waals surface area contributed by atoms with Crippen molar-refractivity contribution in [1.29, 1.82) is 0 Å². The van der Waals surface area contributed by atoms with Crippen molar-refractivity contribution in [1.82, 2.24) is 4.90 Å². The molecule has 2 aromatic rings. The van der Waals surface area contributed by atoms with Gasteiger partial charge in [-0.2, -0.15) is 0 Å². The lowest BCUT2D eigenvalue weighted by atomic mass is 10.2. The number of hydrogen-bond donors (Lipinski definition) is 1. The van der Waals surface area contributed by atoms with Crippen LogP contribution in [0.1, 0.15) is 0 Å². The third kappa shape index (κ3) is 6.34. The molecule has 0 radical (unpaired) electrons. The van der Waals surface area contributed by atoms with Crippen molar-refractivity contribution >= 4 is 17.3 Å². The lowest BCUT2D eigenvalue weighted by Crippen LogP contribution is -2.49. The van der Waals surface area contributed by atoms with E-state index < -0.39 is 6.10 Å². The molecular formula is C21H26ClFN2O3. The molecular weight excluding hydrogens is 383 g/mol. The van der Waals surface area contributed by atoms with Crippen LogP contribution in [0.25, 0.3) is 0 Å². The van der Waals surface area contributed by atoms with Crippen molar-refractivity contribution < 1.29 is 19.0 Å². The molecule has 0 aromatic heterocycles. The lowest BCUT2D eigenvalue weighted by Gasteiger charge is -2.36. The van der Waals surface area contributed by atoms with Crippen molar-refractivity contribution in [2.75, 3.05) is 57.4 Å². The standard InChI is InChI=1S/C21H26ClFN2O3/c22-17-5-7-19(8-6-17)28-14-13-27-16-18(26)15-24-9-11-25(12-10-24)21-4-2-1-3-20(21)23/h1-8,18,26H,9-16H2. The van der Waals surface area contributed by atoms with Gasteiger partial charge in [-0.15, -0.1) is 0 Å². The number of nitrogens with zero attached hydrogens (tertiary/aromatic N) is 2. The first-order chi connectivity index (χ1) is 13.6. The molecule has 28 heavy (non-hydrogen) atoms. The molecule has 2 aromatic carbocycles. The Morgan fingerprint density at radius 1 is 1.00 bits per heavy atom. The van der Waals surface area contributed by atoms with E-state index in [0.717, 1.165) is 31.9 Å². The first kappa shape index (κ1) is 20.9. The molecule has 0 amide bonds. The monoisotopic (exact) mass is 408 g/mol. The van der Waals surface area contributed by atoms with E-state index in [-0.39, 0.29) is 12.4 Å². The average Bonchev–Trinajstić information content (AvgIpc) is 2.70. The molecule has 0 aliphatic carbocycles. The molecule has 7 heteroatoms. The van der Waals surface area contributed by atoms with Gasteiger partial charge in [-0.25, -0.2) is 4.39 Å². The zero-order chi connectivity index (χ0) is 19.8. The number of β-amino-alcohol motifs (C(OH)–C–C–N with tert-alkyl or cyclic N) is 1. The van der Waals surface area contributed by atoms with Crippen LogP contribution in [0, 0.1) is 5.82 Å². The molecule has 5 nitrogen and oxygen atoms in total. The van der Waals surface area contributed by atoms with E-state index in [9.17, 15) is 9.50 Å². The van der Waals surface area contributed by atoms with Crippen LogP contribution in [-0.2, 0) is 4.74 Å². The second-order valence-electron chi connectivity index (χ2n) is 6.77. The highest BCUT2D eigenvalue weighted by Gasteiger charge is 2.21. The molecule has 1 fully saturated rings. The number of para-hydroxylation sites is 1. The number of rotatable bonds is 9. The van der Waals surface area contributed by atoms with E-state index in [0.29, 0.717) is 30.5 Å². The minimum atomic E-state index is -0.560. The minimum Gasteiger partial charge on any atom is -0.491 e. The van der Waals surface area contributed by atoms with Gasteiger partial charge in [-0.1, -0.05) is 23.7 Å². The normalized spacial score (nSPS) is 16.2. The number of anilines is 1. The summed E-state index contributed by atoms with van der Waals surface area (Å²) in [7, 11) is 0. The number of aliphatic hydroxyl groups is 1. The number of halogens is 2. The average molecular weight is 409 g/mol. The minimum absolute atomic E-state index is 0.190. The van der Waals surface area contributed by atoms with Crippen LogP contribution in [0.15, 0.2) is 48.5 Å².